The second-order valence-corrected chi connectivity index (χ2v) is 7.23. The first-order valence-corrected chi connectivity index (χ1v) is 9.89. The van der Waals surface area contributed by atoms with E-state index in [1.165, 1.54) is 6.21 Å². The molecule has 0 aliphatic carbocycles. The molecule has 7 heteroatoms. The first kappa shape index (κ1) is 21.3. The number of aryl methyl sites for hydroxylation is 1. The fourth-order valence-electron chi connectivity index (χ4n) is 2.48. The van der Waals surface area contributed by atoms with Crippen LogP contribution in [0.4, 0.5) is 0 Å². The van der Waals surface area contributed by atoms with E-state index in [4.69, 9.17) is 9.47 Å². The van der Waals surface area contributed by atoms with E-state index in [9.17, 15) is 9.59 Å². The van der Waals surface area contributed by atoms with E-state index in [0.29, 0.717) is 17.1 Å². The monoisotopic (exact) mass is 466 g/mol. The van der Waals surface area contributed by atoms with Crippen LogP contribution in [-0.4, -0.2) is 24.7 Å². The van der Waals surface area contributed by atoms with Crippen LogP contribution in [0.3, 0.4) is 0 Å². The maximum Gasteiger partial charge on any atom is 0.343 e. The number of rotatable bonds is 7. The van der Waals surface area contributed by atoms with Gasteiger partial charge in [-0.2, -0.15) is 5.10 Å². The Labute approximate surface area is 182 Å². The maximum atomic E-state index is 12.2. The summed E-state index contributed by atoms with van der Waals surface area (Å²) in [5.74, 6) is 0.255. The van der Waals surface area contributed by atoms with Gasteiger partial charge >= 0.3 is 5.97 Å². The van der Waals surface area contributed by atoms with Gasteiger partial charge in [-0.25, -0.2) is 10.2 Å². The van der Waals surface area contributed by atoms with Gasteiger partial charge in [0.2, 0.25) is 0 Å². The molecule has 0 fully saturated rings. The van der Waals surface area contributed by atoms with Gasteiger partial charge in [0, 0.05) is 4.47 Å². The van der Waals surface area contributed by atoms with Crippen molar-refractivity contribution in [3.8, 4) is 11.5 Å². The highest BCUT2D eigenvalue weighted by molar-refractivity contribution is 9.10. The lowest BCUT2D eigenvalue weighted by Gasteiger charge is -2.07. The third kappa shape index (κ3) is 6.28. The van der Waals surface area contributed by atoms with Gasteiger partial charge in [0.1, 0.15) is 11.5 Å². The number of ether oxygens (including phenoxy) is 2. The summed E-state index contributed by atoms with van der Waals surface area (Å²) in [7, 11) is 0. The zero-order valence-corrected chi connectivity index (χ0v) is 17.8. The van der Waals surface area contributed by atoms with E-state index in [2.05, 4.69) is 26.5 Å². The SMILES string of the molecule is Cc1ccccc1OCC(=O)N/N=C\c1ccc(OC(=O)c2cccc(Br)c2)cc1. The Kier molecular flexibility index (Phi) is 7.34. The normalized spacial score (nSPS) is 10.6. The number of halogens is 1. The van der Waals surface area contributed by atoms with Crippen LogP contribution in [0.5, 0.6) is 11.5 Å². The average molecular weight is 467 g/mol. The minimum absolute atomic E-state index is 0.132. The Morgan fingerprint density at radius 3 is 2.53 bits per heavy atom. The van der Waals surface area contributed by atoms with Gasteiger partial charge in [-0.15, -0.1) is 0 Å². The fraction of sp³-hybridized carbons (Fsp3) is 0.0870. The quantitative estimate of drug-likeness (QED) is 0.240. The summed E-state index contributed by atoms with van der Waals surface area (Å²) in [5, 5.41) is 3.91. The van der Waals surface area contributed by atoms with Gasteiger partial charge in [-0.05, 0) is 66.6 Å². The van der Waals surface area contributed by atoms with Gasteiger partial charge in [-0.3, -0.25) is 4.79 Å². The molecule has 0 aliphatic heterocycles. The second kappa shape index (κ2) is 10.4. The molecule has 6 nitrogen and oxygen atoms in total. The summed E-state index contributed by atoms with van der Waals surface area (Å²) in [6, 6.07) is 21.2. The summed E-state index contributed by atoms with van der Waals surface area (Å²) in [4.78, 5) is 24.0. The van der Waals surface area contributed by atoms with Crippen LogP contribution in [0, 0.1) is 6.92 Å². The molecule has 0 saturated carbocycles. The lowest BCUT2D eigenvalue weighted by molar-refractivity contribution is -0.123. The molecule has 0 unspecified atom stereocenters. The van der Waals surface area contributed by atoms with Crippen LogP contribution in [0.25, 0.3) is 0 Å². The van der Waals surface area contributed by atoms with Gasteiger partial charge < -0.3 is 9.47 Å². The zero-order chi connectivity index (χ0) is 21.3. The molecule has 0 heterocycles. The van der Waals surface area contributed by atoms with Crippen LogP contribution in [0.1, 0.15) is 21.5 Å². The molecule has 0 spiro atoms. The summed E-state index contributed by atoms with van der Waals surface area (Å²) < 4.78 is 11.6. The summed E-state index contributed by atoms with van der Waals surface area (Å²) >= 11 is 3.32. The van der Waals surface area contributed by atoms with E-state index < -0.39 is 5.97 Å². The Morgan fingerprint density at radius 1 is 1.03 bits per heavy atom. The molecule has 0 aliphatic rings. The van der Waals surface area contributed by atoms with Crippen LogP contribution in [0.15, 0.2) is 82.4 Å². The molecule has 0 radical (unpaired) electrons. The molecule has 0 aromatic heterocycles. The van der Waals surface area contributed by atoms with Gasteiger partial charge in [-0.1, -0.05) is 40.2 Å². The number of esters is 1. The Bertz CT molecular complexity index is 1060. The average Bonchev–Trinajstić information content (AvgIpc) is 2.74. The molecule has 3 rings (SSSR count). The van der Waals surface area contributed by atoms with Crippen molar-refractivity contribution < 1.29 is 19.1 Å². The van der Waals surface area contributed by atoms with Crippen molar-refractivity contribution in [3.05, 3.63) is 94.0 Å². The van der Waals surface area contributed by atoms with Crippen molar-refractivity contribution >= 4 is 34.0 Å². The van der Waals surface area contributed by atoms with E-state index in [-0.39, 0.29) is 12.5 Å². The van der Waals surface area contributed by atoms with E-state index >= 15 is 0 Å². The standard InChI is InChI=1S/C23H19BrN2O4/c1-16-5-2-3-8-21(16)29-15-22(27)26-25-14-17-9-11-20(12-10-17)30-23(28)18-6-4-7-19(24)13-18/h2-14H,15H2,1H3,(H,26,27)/b25-14-. The predicted molar refractivity (Wildman–Crippen MR) is 118 cm³/mol. The molecule has 152 valence electrons. The summed E-state index contributed by atoms with van der Waals surface area (Å²) in [6.45, 7) is 1.78. The number of benzene rings is 3. The van der Waals surface area contributed by atoms with Gasteiger partial charge in [0.25, 0.3) is 5.91 Å². The Balaban J connectivity index is 1.48. The van der Waals surface area contributed by atoms with Crippen molar-refractivity contribution in [2.45, 2.75) is 6.92 Å². The molecule has 30 heavy (non-hydrogen) atoms. The highest BCUT2D eigenvalue weighted by Crippen LogP contribution is 2.17. The topological polar surface area (TPSA) is 77.0 Å². The minimum Gasteiger partial charge on any atom is -0.483 e. The smallest absolute Gasteiger partial charge is 0.343 e. The van der Waals surface area contributed by atoms with Crippen molar-refractivity contribution in [1.82, 2.24) is 5.43 Å². The molecule has 1 N–H and O–H groups in total. The van der Waals surface area contributed by atoms with E-state index in [1.807, 2.05) is 31.2 Å². The Morgan fingerprint density at radius 2 is 1.80 bits per heavy atom. The van der Waals surface area contributed by atoms with Crippen molar-refractivity contribution in [1.29, 1.82) is 0 Å². The van der Waals surface area contributed by atoms with Gasteiger partial charge in [0.05, 0.1) is 11.8 Å². The number of nitrogens with zero attached hydrogens (tertiary/aromatic N) is 1. The van der Waals surface area contributed by atoms with E-state index in [0.717, 1.165) is 15.6 Å². The fourth-order valence-corrected chi connectivity index (χ4v) is 2.88. The summed E-state index contributed by atoms with van der Waals surface area (Å²) in [6.07, 6.45) is 1.49. The molecular weight excluding hydrogens is 448 g/mol. The number of hydrogen-bond donors (Lipinski definition) is 1. The number of hydrazone groups is 1. The maximum absolute atomic E-state index is 12.2. The second-order valence-electron chi connectivity index (χ2n) is 6.32. The van der Waals surface area contributed by atoms with Crippen molar-refractivity contribution in [2.24, 2.45) is 5.10 Å². The molecule has 3 aromatic rings. The zero-order valence-electron chi connectivity index (χ0n) is 16.2. The number of amides is 1. The minimum atomic E-state index is -0.446. The van der Waals surface area contributed by atoms with Crippen molar-refractivity contribution in [3.63, 3.8) is 0 Å². The molecule has 0 bridgehead atoms. The third-order valence-corrected chi connectivity index (χ3v) is 4.50. The molecule has 3 aromatic carbocycles. The van der Waals surface area contributed by atoms with Crippen LogP contribution < -0.4 is 14.9 Å². The van der Waals surface area contributed by atoms with Gasteiger partial charge in [0.15, 0.2) is 6.61 Å². The molecule has 0 atom stereocenters. The lowest BCUT2D eigenvalue weighted by Crippen LogP contribution is -2.24. The van der Waals surface area contributed by atoms with Crippen molar-refractivity contribution in [2.75, 3.05) is 6.61 Å². The number of hydrogen-bond acceptors (Lipinski definition) is 5. The predicted octanol–water partition coefficient (Wildman–Crippen LogP) is 4.51. The highest BCUT2D eigenvalue weighted by Gasteiger charge is 2.08. The molecular formula is C23H19BrN2O4. The third-order valence-electron chi connectivity index (χ3n) is 4.01. The number of carbonyl (C=O) groups excluding carboxylic acids is 2. The van der Waals surface area contributed by atoms with Crippen LogP contribution in [0.2, 0.25) is 0 Å². The van der Waals surface area contributed by atoms with E-state index in [1.54, 1.807) is 48.5 Å². The number of para-hydroxylation sites is 1. The lowest BCUT2D eigenvalue weighted by atomic mass is 10.2. The van der Waals surface area contributed by atoms with Crippen LogP contribution >= 0.6 is 15.9 Å². The Hall–Kier alpha value is -3.45. The van der Waals surface area contributed by atoms with Crippen LogP contribution in [-0.2, 0) is 4.79 Å². The largest absolute Gasteiger partial charge is 0.483 e. The highest BCUT2D eigenvalue weighted by atomic mass is 79.9. The molecule has 1 amide bonds. The number of nitrogens with one attached hydrogen (secondary N) is 1. The first-order valence-electron chi connectivity index (χ1n) is 9.09. The summed E-state index contributed by atoms with van der Waals surface area (Å²) in [5.41, 5.74) is 4.55. The molecule has 0 saturated heterocycles. The first-order chi connectivity index (χ1) is 14.5. The number of carbonyl (C=O) groups is 2.